The van der Waals surface area contributed by atoms with Gasteiger partial charge in [-0.15, -0.1) is 0 Å². The van der Waals surface area contributed by atoms with Crippen LogP contribution < -0.4 is 5.32 Å². The first-order valence-corrected chi connectivity index (χ1v) is 3.74. The molecule has 5 heteroatoms. The summed E-state index contributed by atoms with van der Waals surface area (Å²) >= 11 is 3.95. The number of aliphatic hydroxyl groups excluding tert-OH is 1. The minimum atomic E-state index is -1.29. The summed E-state index contributed by atoms with van der Waals surface area (Å²) in [6.45, 7) is 2.65. The van der Waals surface area contributed by atoms with E-state index in [0.29, 0.717) is 0 Å². The van der Waals surface area contributed by atoms with Crippen molar-refractivity contribution >= 4 is 18.6 Å². The number of hydrogen-bond donors (Lipinski definition) is 4. The maximum absolute atomic E-state index is 10.5. The Balaban J connectivity index is 4.22. The molecule has 0 aliphatic rings. The second-order valence-electron chi connectivity index (χ2n) is 2.62. The Hall–Kier alpha value is -0.260. The van der Waals surface area contributed by atoms with E-state index < -0.39 is 18.1 Å². The van der Waals surface area contributed by atoms with E-state index in [1.165, 1.54) is 6.92 Å². The molecule has 11 heavy (non-hydrogen) atoms. The Bertz CT molecular complexity index is 151. The second kappa shape index (κ2) is 3.94. The molecule has 0 aromatic carbocycles. The van der Waals surface area contributed by atoms with Crippen LogP contribution in [0.4, 0.5) is 0 Å². The lowest BCUT2D eigenvalue weighted by atomic mass is 10.1. The zero-order chi connectivity index (χ0) is 9.07. The fraction of sp³-hybridized carbons (Fsp3) is 0.833. The summed E-state index contributed by atoms with van der Waals surface area (Å²) in [6, 6.07) is 0. The summed E-state index contributed by atoms with van der Waals surface area (Å²) in [5.74, 6) is -1.08. The highest BCUT2D eigenvalue weighted by molar-refractivity contribution is 7.80. The number of rotatable bonds is 4. The van der Waals surface area contributed by atoms with E-state index in [1.807, 2.05) is 0 Å². The van der Waals surface area contributed by atoms with Gasteiger partial charge in [-0.2, -0.15) is 12.6 Å². The van der Waals surface area contributed by atoms with Crippen molar-refractivity contribution in [1.82, 2.24) is 5.32 Å². The van der Waals surface area contributed by atoms with Crippen LogP contribution in [-0.2, 0) is 4.79 Å². The number of aliphatic carboxylic acids is 1. The fourth-order valence-electron chi connectivity index (χ4n) is 0.636. The van der Waals surface area contributed by atoms with Gasteiger partial charge < -0.3 is 10.2 Å². The predicted octanol–water partition coefficient (Wildman–Crippen LogP) is -0.313. The number of carbonyl (C=O) groups is 1. The summed E-state index contributed by atoms with van der Waals surface area (Å²) in [4.78, 5) is 10.5. The fourth-order valence-corrected chi connectivity index (χ4v) is 0.921. The highest BCUT2D eigenvalue weighted by atomic mass is 32.1. The molecule has 0 radical (unpaired) electrons. The van der Waals surface area contributed by atoms with E-state index in [-0.39, 0.29) is 5.37 Å². The summed E-state index contributed by atoms with van der Waals surface area (Å²) in [7, 11) is 0. The van der Waals surface area contributed by atoms with E-state index in [2.05, 4.69) is 17.9 Å². The van der Waals surface area contributed by atoms with Gasteiger partial charge in [-0.3, -0.25) is 10.1 Å². The Labute approximate surface area is 71.0 Å². The van der Waals surface area contributed by atoms with Gasteiger partial charge in [-0.25, -0.2) is 0 Å². The van der Waals surface area contributed by atoms with Gasteiger partial charge in [0.2, 0.25) is 0 Å². The first-order chi connectivity index (χ1) is 4.92. The molecule has 0 saturated carbocycles. The maximum atomic E-state index is 10.5. The largest absolute Gasteiger partial charge is 0.480 e. The summed E-state index contributed by atoms with van der Waals surface area (Å²) in [6.07, 6.45) is 0. The molecule has 0 fully saturated rings. The van der Waals surface area contributed by atoms with E-state index in [4.69, 9.17) is 10.2 Å². The molecule has 2 atom stereocenters. The Kier molecular flexibility index (Phi) is 3.85. The van der Waals surface area contributed by atoms with E-state index in [1.54, 1.807) is 6.92 Å². The standard InChI is InChI=1S/C6H13NO3S/c1-4(11)7-6(2,3-8)5(9)10/h4,7-8,11H,3H2,1-2H3,(H,9,10). The number of carboxylic acids is 1. The molecule has 0 aliphatic carbocycles. The number of aliphatic hydroxyl groups is 1. The van der Waals surface area contributed by atoms with E-state index >= 15 is 0 Å². The van der Waals surface area contributed by atoms with Crippen molar-refractivity contribution in [3.8, 4) is 0 Å². The molecular formula is C6H13NO3S. The number of nitrogens with one attached hydrogen (secondary N) is 1. The lowest BCUT2D eigenvalue weighted by Crippen LogP contribution is -2.54. The molecule has 0 aromatic rings. The van der Waals surface area contributed by atoms with Crippen molar-refractivity contribution in [3.05, 3.63) is 0 Å². The minimum Gasteiger partial charge on any atom is -0.480 e. The highest BCUT2D eigenvalue weighted by Gasteiger charge is 2.32. The molecule has 4 nitrogen and oxygen atoms in total. The van der Waals surface area contributed by atoms with Crippen molar-refractivity contribution in [3.63, 3.8) is 0 Å². The Morgan fingerprint density at radius 2 is 2.27 bits per heavy atom. The highest BCUT2D eigenvalue weighted by Crippen LogP contribution is 2.05. The summed E-state index contributed by atoms with van der Waals surface area (Å²) in [5.41, 5.74) is -1.29. The van der Waals surface area contributed by atoms with Crippen molar-refractivity contribution in [2.24, 2.45) is 0 Å². The van der Waals surface area contributed by atoms with E-state index in [9.17, 15) is 4.79 Å². The molecule has 0 spiro atoms. The van der Waals surface area contributed by atoms with Crippen molar-refractivity contribution < 1.29 is 15.0 Å². The van der Waals surface area contributed by atoms with Crippen LogP contribution in [0.5, 0.6) is 0 Å². The minimum absolute atomic E-state index is 0.261. The van der Waals surface area contributed by atoms with Gasteiger partial charge in [0.25, 0.3) is 0 Å². The first kappa shape index (κ1) is 10.7. The molecule has 0 heterocycles. The monoisotopic (exact) mass is 179 g/mol. The normalized spacial score (nSPS) is 18.9. The second-order valence-corrected chi connectivity index (χ2v) is 3.39. The molecule has 66 valence electrons. The number of hydrogen-bond acceptors (Lipinski definition) is 4. The van der Waals surface area contributed by atoms with Gasteiger partial charge in [0, 0.05) is 5.37 Å². The topological polar surface area (TPSA) is 69.6 Å². The number of thiol groups is 1. The third-order valence-electron chi connectivity index (χ3n) is 1.32. The summed E-state index contributed by atoms with van der Waals surface area (Å²) < 4.78 is 0. The van der Waals surface area contributed by atoms with Crippen LogP contribution in [0.15, 0.2) is 0 Å². The van der Waals surface area contributed by atoms with Gasteiger partial charge in [0.05, 0.1) is 6.61 Å². The zero-order valence-electron chi connectivity index (χ0n) is 6.53. The smallest absolute Gasteiger partial charge is 0.326 e. The van der Waals surface area contributed by atoms with Crippen LogP contribution in [0.25, 0.3) is 0 Å². The Morgan fingerprint density at radius 3 is 2.36 bits per heavy atom. The van der Waals surface area contributed by atoms with Crippen molar-refractivity contribution in [1.29, 1.82) is 0 Å². The van der Waals surface area contributed by atoms with E-state index in [0.717, 1.165) is 0 Å². The van der Waals surface area contributed by atoms with Crippen LogP contribution in [0, 0.1) is 0 Å². The van der Waals surface area contributed by atoms with Crippen LogP contribution in [0.2, 0.25) is 0 Å². The Morgan fingerprint density at radius 1 is 1.82 bits per heavy atom. The predicted molar refractivity (Wildman–Crippen MR) is 44.7 cm³/mol. The summed E-state index contributed by atoms with van der Waals surface area (Å²) in [5, 5.41) is 19.7. The molecule has 3 N–H and O–H groups in total. The average Bonchev–Trinajstić information content (AvgIpc) is 1.86. The molecule has 0 aromatic heterocycles. The maximum Gasteiger partial charge on any atom is 0.326 e. The van der Waals surface area contributed by atoms with Gasteiger partial charge in [-0.05, 0) is 13.8 Å². The lowest BCUT2D eigenvalue weighted by molar-refractivity contribution is -0.145. The van der Waals surface area contributed by atoms with Gasteiger partial charge >= 0.3 is 5.97 Å². The van der Waals surface area contributed by atoms with Crippen LogP contribution >= 0.6 is 12.6 Å². The quantitative estimate of drug-likeness (QED) is 0.353. The van der Waals surface area contributed by atoms with Crippen LogP contribution in [0.1, 0.15) is 13.8 Å². The zero-order valence-corrected chi connectivity index (χ0v) is 7.43. The number of carboxylic acid groups (broad SMARTS) is 1. The average molecular weight is 179 g/mol. The van der Waals surface area contributed by atoms with Crippen molar-refractivity contribution in [2.75, 3.05) is 6.61 Å². The molecule has 0 amide bonds. The van der Waals surface area contributed by atoms with Crippen LogP contribution in [-0.4, -0.2) is 33.7 Å². The lowest BCUT2D eigenvalue weighted by Gasteiger charge is -2.25. The van der Waals surface area contributed by atoms with Crippen molar-refractivity contribution in [2.45, 2.75) is 24.8 Å². The SMILES string of the molecule is CC(S)NC(C)(CO)C(=O)O. The molecule has 2 unspecified atom stereocenters. The molecule has 0 saturated heterocycles. The molecule has 0 bridgehead atoms. The third-order valence-corrected chi connectivity index (χ3v) is 1.44. The van der Waals surface area contributed by atoms with Gasteiger partial charge in [0.15, 0.2) is 0 Å². The van der Waals surface area contributed by atoms with Crippen LogP contribution in [0.3, 0.4) is 0 Å². The molecular weight excluding hydrogens is 166 g/mol. The third kappa shape index (κ3) is 3.09. The molecule has 0 aliphatic heterocycles. The molecule has 0 rings (SSSR count). The first-order valence-electron chi connectivity index (χ1n) is 3.22. The van der Waals surface area contributed by atoms with Gasteiger partial charge in [0.1, 0.15) is 5.54 Å². The van der Waals surface area contributed by atoms with Gasteiger partial charge in [-0.1, -0.05) is 0 Å².